The fraction of sp³-hybridized carbons (Fsp3) is 0.381. The van der Waals surface area contributed by atoms with Crippen LogP contribution in [-0.2, 0) is 28.9 Å². The molecule has 0 saturated heterocycles. The van der Waals surface area contributed by atoms with Crippen LogP contribution < -0.4 is 10.9 Å². The number of fused-ring (bicyclic) bond motifs is 3. The number of thiophene rings is 1. The largest absolute Gasteiger partial charge is 0.385 e. The lowest BCUT2D eigenvalue weighted by molar-refractivity contribution is -0.383. The van der Waals surface area contributed by atoms with Gasteiger partial charge in [0.2, 0.25) is 5.91 Å². The Kier molecular flexibility index (Phi) is 6.87. The van der Waals surface area contributed by atoms with E-state index in [9.17, 15) is 19.7 Å². The van der Waals surface area contributed by atoms with E-state index in [4.69, 9.17) is 9.72 Å². The van der Waals surface area contributed by atoms with Gasteiger partial charge in [0, 0.05) is 31.2 Å². The second kappa shape index (κ2) is 9.80. The van der Waals surface area contributed by atoms with Gasteiger partial charge in [-0.1, -0.05) is 23.9 Å². The van der Waals surface area contributed by atoms with E-state index in [0.717, 1.165) is 36.6 Å². The van der Waals surface area contributed by atoms with Gasteiger partial charge in [-0.15, -0.1) is 11.3 Å². The van der Waals surface area contributed by atoms with E-state index >= 15 is 0 Å². The molecule has 1 aliphatic carbocycles. The van der Waals surface area contributed by atoms with Gasteiger partial charge >= 0.3 is 0 Å². The Balaban J connectivity index is 1.58. The third-order valence-corrected chi connectivity index (χ3v) is 7.39. The van der Waals surface area contributed by atoms with Gasteiger partial charge in [-0.05, 0) is 37.3 Å². The van der Waals surface area contributed by atoms with E-state index in [0.29, 0.717) is 34.9 Å². The number of carbonyl (C=O) groups is 1. The molecule has 0 radical (unpaired) electrons. The number of nitrogens with one attached hydrogen (secondary N) is 1. The van der Waals surface area contributed by atoms with Crippen LogP contribution in [0.1, 0.15) is 23.3 Å². The van der Waals surface area contributed by atoms with Crippen LogP contribution in [0.4, 0.5) is 11.4 Å². The van der Waals surface area contributed by atoms with Gasteiger partial charge in [-0.3, -0.25) is 24.3 Å². The highest BCUT2D eigenvalue weighted by atomic mass is 32.2. The number of thioether (sulfide) groups is 1. The fourth-order valence-corrected chi connectivity index (χ4v) is 5.92. The highest BCUT2D eigenvalue weighted by Gasteiger charge is 2.24. The third-order valence-electron chi connectivity index (χ3n) is 5.23. The minimum atomic E-state index is -0.540. The van der Waals surface area contributed by atoms with Crippen LogP contribution in [0.2, 0.25) is 0 Å². The number of amides is 1. The number of para-hydroxylation sites is 2. The van der Waals surface area contributed by atoms with Crippen molar-refractivity contribution in [3.05, 3.63) is 55.2 Å². The first kappa shape index (κ1) is 22.4. The number of benzene rings is 1. The molecule has 0 unspecified atom stereocenters. The van der Waals surface area contributed by atoms with Crippen molar-refractivity contribution in [3.8, 4) is 0 Å². The first-order chi connectivity index (χ1) is 15.5. The smallest absolute Gasteiger partial charge is 0.292 e. The molecule has 1 aromatic carbocycles. The van der Waals surface area contributed by atoms with Crippen molar-refractivity contribution in [2.24, 2.45) is 0 Å². The molecule has 0 bridgehead atoms. The number of aromatic nitrogens is 2. The SMILES string of the molecule is COCCCn1c(SCC(=O)Nc2ccccc2[N+](=O)[O-])nc2sc3c(c2c1=O)CCC3. The zero-order valence-electron chi connectivity index (χ0n) is 17.5. The molecule has 3 aromatic rings. The van der Waals surface area contributed by atoms with Crippen molar-refractivity contribution < 1.29 is 14.5 Å². The molecular formula is C21H22N4O5S2. The second-order valence-electron chi connectivity index (χ2n) is 7.35. The van der Waals surface area contributed by atoms with E-state index in [1.54, 1.807) is 35.1 Å². The molecule has 0 saturated carbocycles. The minimum absolute atomic E-state index is 0.0284. The Morgan fingerprint density at radius 1 is 1.38 bits per heavy atom. The molecule has 0 atom stereocenters. The Bertz CT molecular complexity index is 1240. The number of aryl methyl sites for hydroxylation is 2. The summed E-state index contributed by atoms with van der Waals surface area (Å²) in [5, 5.41) is 14.9. The molecule has 32 heavy (non-hydrogen) atoms. The summed E-state index contributed by atoms with van der Waals surface area (Å²) in [6.07, 6.45) is 3.57. The van der Waals surface area contributed by atoms with Gasteiger partial charge in [0.05, 0.1) is 16.1 Å². The van der Waals surface area contributed by atoms with Crippen molar-refractivity contribution in [2.45, 2.75) is 37.4 Å². The lowest BCUT2D eigenvalue weighted by Gasteiger charge is -2.12. The summed E-state index contributed by atoms with van der Waals surface area (Å²) in [7, 11) is 1.61. The van der Waals surface area contributed by atoms with Crippen molar-refractivity contribution in [2.75, 3.05) is 24.8 Å². The van der Waals surface area contributed by atoms with Crippen molar-refractivity contribution in [3.63, 3.8) is 0 Å². The van der Waals surface area contributed by atoms with Crippen LogP contribution in [-0.4, -0.2) is 39.9 Å². The number of anilines is 1. The summed E-state index contributed by atoms with van der Waals surface area (Å²) in [4.78, 5) is 43.1. The van der Waals surface area contributed by atoms with Crippen LogP contribution in [0.3, 0.4) is 0 Å². The molecule has 11 heteroatoms. The van der Waals surface area contributed by atoms with Gasteiger partial charge in [-0.25, -0.2) is 4.98 Å². The van der Waals surface area contributed by atoms with Gasteiger partial charge in [0.1, 0.15) is 10.5 Å². The number of methoxy groups -OCH3 is 1. The van der Waals surface area contributed by atoms with E-state index < -0.39 is 10.8 Å². The molecule has 4 rings (SSSR count). The number of nitro groups is 1. The Morgan fingerprint density at radius 3 is 2.97 bits per heavy atom. The van der Waals surface area contributed by atoms with Crippen LogP contribution >= 0.6 is 23.1 Å². The van der Waals surface area contributed by atoms with Crippen molar-refractivity contribution in [1.29, 1.82) is 0 Å². The first-order valence-corrected chi connectivity index (χ1v) is 12.0. The summed E-state index contributed by atoms with van der Waals surface area (Å²) in [6, 6.07) is 5.98. The Labute approximate surface area is 192 Å². The molecule has 1 amide bonds. The molecule has 1 N–H and O–H groups in total. The number of nitrogens with zero attached hydrogens (tertiary/aromatic N) is 3. The van der Waals surface area contributed by atoms with Gasteiger partial charge < -0.3 is 10.1 Å². The molecular weight excluding hydrogens is 452 g/mol. The molecule has 0 spiro atoms. The highest BCUT2D eigenvalue weighted by Crippen LogP contribution is 2.35. The average molecular weight is 475 g/mol. The highest BCUT2D eigenvalue weighted by molar-refractivity contribution is 7.99. The Morgan fingerprint density at radius 2 is 2.19 bits per heavy atom. The number of rotatable bonds is 9. The average Bonchev–Trinajstić information content (AvgIpc) is 3.35. The number of carbonyl (C=O) groups excluding carboxylic acids is 1. The number of ether oxygens (including phenoxy) is 1. The van der Waals surface area contributed by atoms with Crippen LogP contribution in [0.15, 0.2) is 34.2 Å². The molecule has 9 nitrogen and oxygen atoms in total. The zero-order chi connectivity index (χ0) is 22.7. The van der Waals surface area contributed by atoms with E-state index in [2.05, 4.69) is 5.32 Å². The Hall–Kier alpha value is -2.76. The summed E-state index contributed by atoms with van der Waals surface area (Å²) in [5.74, 6) is -0.435. The van der Waals surface area contributed by atoms with Crippen LogP contribution in [0, 0.1) is 10.1 Å². The molecule has 0 fully saturated rings. The first-order valence-electron chi connectivity index (χ1n) is 10.2. The van der Waals surface area contributed by atoms with Crippen molar-refractivity contribution >= 4 is 50.6 Å². The third kappa shape index (κ3) is 4.54. The number of nitro benzene ring substituents is 1. The maximum absolute atomic E-state index is 13.3. The maximum atomic E-state index is 13.3. The molecule has 0 aliphatic heterocycles. The second-order valence-corrected chi connectivity index (χ2v) is 9.37. The van der Waals surface area contributed by atoms with E-state index in [1.165, 1.54) is 17.0 Å². The molecule has 168 valence electrons. The van der Waals surface area contributed by atoms with E-state index in [1.807, 2.05) is 0 Å². The lowest BCUT2D eigenvalue weighted by atomic mass is 10.2. The number of hydrogen-bond donors (Lipinski definition) is 1. The topological polar surface area (TPSA) is 116 Å². The minimum Gasteiger partial charge on any atom is -0.385 e. The molecule has 1 aliphatic rings. The summed E-state index contributed by atoms with van der Waals surface area (Å²) >= 11 is 2.71. The van der Waals surface area contributed by atoms with Gasteiger partial charge in [0.15, 0.2) is 5.16 Å². The quantitative estimate of drug-likeness (QED) is 0.165. The molecule has 2 heterocycles. The van der Waals surface area contributed by atoms with Crippen LogP contribution in [0.5, 0.6) is 0 Å². The summed E-state index contributed by atoms with van der Waals surface area (Å²) in [6.45, 7) is 0.947. The number of hydrogen-bond acceptors (Lipinski definition) is 8. The van der Waals surface area contributed by atoms with Crippen LogP contribution in [0.25, 0.3) is 10.2 Å². The van der Waals surface area contributed by atoms with E-state index in [-0.39, 0.29) is 22.7 Å². The standard InChI is InChI=1S/C21H22N4O5S2/c1-30-11-5-10-24-20(27)18-13-6-4-9-16(13)32-19(18)23-21(24)31-12-17(26)22-14-7-2-3-8-15(14)25(28)29/h2-3,7-8H,4-6,9-12H2,1H3,(H,22,26). The lowest BCUT2D eigenvalue weighted by Crippen LogP contribution is -2.25. The fourth-order valence-electron chi connectivity index (χ4n) is 3.79. The van der Waals surface area contributed by atoms with Gasteiger partial charge in [0.25, 0.3) is 11.2 Å². The van der Waals surface area contributed by atoms with Gasteiger partial charge in [-0.2, -0.15) is 0 Å². The predicted molar refractivity (Wildman–Crippen MR) is 125 cm³/mol. The summed E-state index contributed by atoms with van der Waals surface area (Å²) in [5.41, 5.74) is 1.01. The normalized spacial score (nSPS) is 12.8. The monoisotopic (exact) mass is 474 g/mol. The van der Waals surface area contributed by atoms with Crippen molar-refractivity contribution in [1.82, 2.24) is 9.55 Å². The maximum Gasteiger partial charge on any atom is 0.292 e. The predicted octanol–water partition coefficient (Wildman–Crippen LogP) is 3.62. The molecule has 2 aromatic heterocycles. The summed E-state index contributed by atoms with van der Waals surface area (Å²) < 4.78 is 6.75. The zero-order valence-corrected chi connectivity index (χ0v) is 19.1.